The molecule has 3 heteroatoms. The molecule has 2 atom stereocenters. The molecule has 0 unspecified atom stereocenters. The van der Waals surface area contributed by atoms with Gasteiger partial charge in [-0.1, -0.05) is 31.4 Å². The third kappa shape index (κ3) is 5.03. The second kappa shape index (κ2) is 8.06. The number of unbranched alkanes of at least 4 members (excludes halogenated alkanes) is 3. The summed E-state index contributed by atoms with van der Waals surface area (Å²) in [6.45, 7) is 2.01. The first-order chi connectivity index (χ1) is 8.65. The largest absolute Gasteiger partial charge is 0.481 e. The van der Waals surface area contributed by atoms with Crippen molar-refractivity contribution >= 4 is 11.8 Å². The summed E-state index contributed by atoms with van der Waals surface area (Å²) in [5, 5.41) is 8.52. The maximum absolute atomic E-state index is 11.8. The molecule has 0 aliphatic heterocycles. The zero-order chi connectivity index (χ0) is 13.4. The number of aliphatic carboxylic acids is 1. The van der Waals surface area contributed by atoms with E-state index in [0.29, 0.717) is 11.7 Å². The summed E-state index contributed by atoms with van der Waals surface area (Å²) < 4.78 is 0. The van der Waals surface area contributed by atoms with Gasteiger partial charge in [0.25, 0.3) is 0 Å². The molecule has 18 heavy (non-hydrogen) atoms. The Kier molecular flexibility index (Phi) is 6.69. The molecular formula is C15H24O3. The zero-order valence-corrected chi connectivity index (χ0v) is 11.2. The quantitative estimate of drug-likeness (QED) is 0.530. The Bertz CT molecular complexity index is 307. The summed E-state index contributed by atoms with van der Waals surface area (Å²) in [6.07, 6.45) is 11.0. The molecule has 0 bridgehead atoms. The van der Waals surface area contributed by atoms with Gasteiger partial charge in [0, 0.05) is 18.8 Å². The van der Waals surface area contributed by atoms with Crippen LogP contribution in [0.25, 0.3) is 0 Å². The number of carboxylic acid groups (broad SMARTS) is 1. The van der Waals surface area contributed by atoms with Gasteiger partial charge in [-0.15, -0.1) is 0 Å². The normalized spacial score (nSPS) is 23.9. The number of carbonyl (C=O) groups is 2. The van der Waals surface area contributed by atoms with Crippen molar-refractivity contribution in [1.29, 1.82) is 0 Å². The smallest absolute Gasteiger partial charge is 0.303 e. The van der Waals surface area contributed by atoms with Crippen LogP contribution in [0.3, 0.4) is 0 Å². The van der Waals surface area contributed by atoms with Crippen molar-refractivity contribution < 1.29 is 14.7 Å². The molecule has 1 fully saturated rings. The summed E-state index contributed by atoms with van der Waals surface area (Å²) in [4.78, 5) is 22.1. The van der Waals surface area contributed by atoms with Gasteiger partial charge >= 0.3 is 5.97 Å². The molecule has 1 rings (SSSR count). The number of ketones is 1. The van der Waals surface area contributed by atoms with Gasteiger partial charge in [0.1, 0.15) is 5.78 Å². The van der Waals surface area contributed by atoms with Crippen molar-refractivity contribution in [3.63, 3.8) is 0 Å². The summed E-state index contributed by atoms with van der Waals surface area (Å²) >= 11 is 0. The topological polar surface area (TPSA) is 54.4 Å². The average Bonchev–Trinajstić information content (AvgIpc) is 2.66. The van der Waals surface area contributed by atoms with Crippen molar-refractivity contribution in [2.24, 2.45) is 11.8 Å². The first-order valence-corrected chi connectivity index (χ1v) is 7.02. The van der Waals surface area contributed by atoms with Crippen LogP contribution < -0.4 is 0 Å². The predicted octanol–water partition coefficient (Wildman–Crippen LogP) is 3.58. The van der Waals surface area contributed by atoms with Gasteiger partial charge in [-0.3, -0.25) is 9.59 Å². The second-order valence-corrected chi connectivity index (χ2v) is 5.15. The molecule has 0 aromatic rings. The molecule has 1 N–H and O–H groups in total. The lowest BCUT2D eigenvalue weighted by Crippen LogP contribution is -2.13. The fourth-order valence-corrected chi connectivity index (χ4v) is 2.78. The molecule has 0 radical (unpaired) electrons. The lowest BCUT2D eigenvalue weighted by Gasteiger charge is -2.14. The monoisotopic (exact) mass is 252 g/mol. The lowest BCUT2D eigenvalue weighted by atomic mass is 9.89. The maximum Gasteiger partial charge on any atom is 0.303 e. The Hall–Kier alpha value is -1.12. The first-order valence-electron chi connectivity index (χ1n) is 7.02. The van der Waals surface area contributed by atoms with Gasteiger partial charge in [-0.05, 0) is 32.1 Å². The van der Waals surface area contributed by atoms with Gasteiger partial charge in [0.15, 0.2) is 0 Å². The molecule has 0 aromatic carbocycles. The summed E-state index contributed by atoms with van der Waals surface area (Å²) in [5.74, 6) is 0.375. The first kappa shape index (κ1) is 14.9. The third-order valence-electron chi connectivity index (χ3n) is 3.75. The van der Waals surface area contributed by atoms with Gasteiger partial charge in [-0.2, -0.15) is 0 Å². The highest BCUT2D eigenvalue weighted by Crippen LogP contribution is 2.33. The van der Waals surface area contributed by atoms with Crippen LogP contribution in [0.5, 0.6) is 0 Å². The van der Waals surface area contributed by atoms with Crippen LogP contribution in [0.4, 0.5) is 0 Å². The van der Waals surface area contributed by atoms with Crippen LogP contribution in [-0.4, -0.2) is 16.9 Å². The average molecular weight is 252 g/mol. The van der Waals surface area contributed by atoms with Gasteiger partial charge in [0.2, 0.25) is 0 Å². The number of carboxylic acids is 1. The number of rotatable bonds is 8. The van der Waals surface area contributed by atoms with Crippen molar-refractivity contribution in [3.05, 3.63) is 12.2 Å². The molecule has 0 amide bonds. The van der Waals surface area contributed by atoms with Crippen LogP contribution in [-0.2, 0) is 9.59 Å². The van der Waals surface area contributed by atoms with Crippen LogP contribution in [0.15, 0.2) is 12.2 Å². The summed E-state index contributed by atoms with van der Waals surface area (Å²) in [7, 11) is 0. The van der Waals surface area contributed by atoms with E-state index in [-0.39, 0.29) is 12.3 Å². The van der Waals surface area contributed by atoms with E-state index in [1.807, 2.05) is 13.0 Å². The van der Waals surface area contributed by atoms with E-state index in [1.165, 1.54) is 0 Å². The van der Waals surface area contributed by atoms with Crippen LogP contribution in [0.2, 0.25) is 0 Å². The van der Waals surface area contributed by atoms with E-state index < -0.39 is 5.97 Å². The van der Waals surface area contributed by atoms with Crippen molar-refractivity contribution in [1.82, 2.24) is 0 Å². The number of carbonyl (C=O) groups excluding carboxylic acids is 1. The molecule has 0 heterocycles. The third-order valence-corrected chi connectivity index (χ3v) is 3.75. The van der Waals surface area contributed by atoms with Crippen molar-refractivity contribution in [2.75, 3.05) is 0 Å². The van der Waals surface area contributed by atoms with Gasteiger partial charge in [-0.25, -0.2) is 0 Å². The maximum atomic E-state index is 11.8. The SMILES string of the molecule is C/C=C/[C@H]1CCC(=O)[C@@H]1CCCCCCC(=O)O. The number of hydrogen-bond donors (Lipinski definition) is 1. The van der Waals surface area contributed by atoms with E-state index in [2.05, 4.69) is 6.08 Å². The Morgan fingerprint density at radius 1 is 1.33 bits per heavy atom. The Balaban J connectivity index is 2.17. The zero-order valence-electron chi connectivity index (χ0n) is 11.2. The van der Waals surface area contributed by atoms with Crippen LogP contribution >= 0.6 is 0 Å². The van der Waals surface area contributed by atoms with Gasteiger partial charge in [0.05, 0.1) is 0 Å². The van der Waals surface area contributed by atoms with Crippen molar-refractivity contribution in [3.8, 4) is 0 Å². The van der Waals surface area contributed by atoms with E-state index >= 15 is 0 Å². The van der Waals surface area contributed by atoms with Crippen LogP contribution in [0, 0.1) is 11.8 Å². The van der Waals surface area contributed by atoms with E-state index in [0.717, 1.165) is 44.9 Å². The fraction of sp³-hybridized carbons (Fsp3) is 0.733. The minimum atomic E-state index is -0.714. The highest BCUT2D eigenvalue weighted by molar-refractivity contribution is 5.83. The molecule has 1 aliphatic rings. The molecule has 0 saturated heterocycles. The highest BCUT2D eigenvalue weighted by Gasteiger charge is 2.31. The Morgan fingerprint density at radius 2 is 2.06 bits per heavy atom. The summed E-state index contributed by atoms with van der Waals surface area (Å²) in [5.41, 5.74) is 0. The van der Waals surface area contributed by atoms with E-state index in [1.54, 1.807) is 0 Å². The standard InChI is InChI=1S/C15H24O3/c1-2-7-12-10-11-14(16)13(12)8-5-3-4-6-9-15(17)18/h2,7,12-13H,3-6,8-11H2,1H3,(H,17,18)/b7-2+/t12-,13+/m0/s1. The van der Waals surface area contributed by atoms with E-state index in [4.69, 9.17) is 5.11 Å². The number of Topliss-reactive ketones (excluding diaryl/α,β-unsaturated/α-hetero) is 1. The molecule has 3 nitrogen and oxygen atoms in total. The summed E-state index contributed by atoms with van der Waals surface area (Å²) in [6, 6.07) is 0. The fourth-order valence-electron chi connectivity index (χ4n) is 2.78. The van der Waals surface area contributed by atoms with Crippen molar-refractivity contribution in [2.45, 2.75) is 58.3 Å². The molecular weight excluding hydrogens is 228 g/mol. The Morgan fingerprint density at radius 3 is 2.72 bits per heavy atom. The minimum Gasteiger partial charge on any atom is -0.481 e. The minimum absolute atomic E-state index is 0.223. The number of allylic oxidation sites excluding steroid dienone is 2. The van der Waals surface area contributed by atoms with Gasteiger partial charge < -0.3 is 5.11 Å². The molecule has 0 spiro atoms. The number of hydrogen-bond acceptors (Lipinski definition) is 2. The van der Waals surface area contributed by atoms with E-state index in [9.17, 15) is 9.59 Å². The molecule has 1 saturated carbocycles. The second-order valence-electron chi connectivity index (χ2n) is 5.15. The molecule has 0 aromatic heterocycles. The Labute approximate surface area is 109 Å². The molecule has 102 valence electrons. The van der Waals surface area contributed by atoms with Crippen LogP contribution in [0.1, 0.15) is 58.3 Å². The lowest BCUT2D eigenvalue weighted by molar-refractivity contribution is -0.137. The predicted molar refractivity (Wildman–Crippen MR) is 71.4 cm³/mol. The molecule has 1 aliphatic carbocycles. The highest BCUT2D eigenvalue weighted by atomic mass is 16.4.